The van der Waals surface area contributed by atoms with Gasteiger partial charge in [-0.2, -0.15) is 11.8 Å². The van der Waals surface area contributed by atoms with Crippen LogP contribution in [0.5, 0.6) is 5.75 Å². The van der Waals surface area contributed by atoms with Crippen molar-refractivity contribution in [2.45, 2.75) is 6.42 Å². The summed E-state index contributed by atoms with van der Waals surface area (Å²) in [5, 5.41) is 0. The smallest absolute Gasteiger partial charge is 0.160 e. The minimum atomic E-state index is 0.287. The van der Waals surface area contributed by atoms with Crippen molar-refractivity contribution in [3.05, 3.63) is 35.4 Å². The summed E-state index contributed by atoms with van der Waals surface area (Å²) >= 11 is 1.82. The Morgan fingerprint density at radius 3 is 2.69 bits per heavy atom. The Bertz CT molecular complexity index is 406. The molecule has 1 aliphatic rings. The van der Waals surface area contributed by atoms with E-state index in [1.807, 2.05) is 42.1 Å². The fourth-order valence-corrected chi connectivity index (χ4v) is 2.55. The van der Waals surface area contributed by atoms with Crippen molar-refractivity contribution in [1.29, 1.82) is 0 Å². The van der Waals surface area contributed by atoms with Gasteiger partial charge in [-0.3, -0.25) is 4.79 Å². The van der Waals surface area contributed by atoms with Crippen LogP contribution in [-0.2, 0) is 4.79 Å². The summed E-state index contributed by atoms with van der Waals surface area (Å²) in [5.74, 6) is 2.92. The van der Waals surface area contributed by atoms with Gasteiger partial charge in [0, 0.05) is 23.5 Å². The standard InChI is InChI=1S/C13H14O2S/c1-15-12-4-2-10(3-5-12)8-11-9-16-7-6-13(11)14/h2-5,8H,6-7,9H2,1H3/b11-8+. The number of thioether (sulfide) groups is 1. The van der Waals surface area contributed by atoms with Crippen molar-refractivity contribution in [2.75, 3.05) is 18.6 Å². The fraction of sp³-hybridized carbons (Fsp3) is 0.308. The second-order valence-corrected chi connectivity index (χ2v) is 4.77. The van der Waals surface area contributed by atoms with E-state index < -0.39 is 0 Å². The Kier molecular flexibility index (Phi) is 3.67. The quantitative estimate of drug-likeness (QED) is 0.736. The second kappa shape index (κ2) is 5.21. The van der Waals surface area contributed by atoms with Crippen LogP contribution < -0.4 is 4.74 Å². The van der Waals surface area contributed by atoms with E-state index >= 15 is 0 Å². The molecule has 3 heteroatoms. The van der Waals surface area contributed by atoms with Crippen LogP contribution >= 0.6 is 11.8 Å². The Morgan fingerprint density at radius 2 is 2.06 bits per heavy atom. The molecule has 0 N–H and O–H groups in total. The Labute approximate surface area is 99.7 Å². The Morgan fingerprint density at radius 1 is 1.31 bits per heavy atom. The van der Waals surface area contributed by atoms with E-state index in [2.05, 4.69) is 0 Å². The van der Waals surface area contributed by atoms with Gasteiger partial charge in [0.15, 0.2) is 5.78 Å². The first-order valence-electron chi connectivity index (χ1n) is 5.25. The van der Waals surface area contributed by atoms with Crippen molar-refractivity contribution < 1.29 is 9.53 Å². The molecular formula is C13H14O2S. The number of methoxy groups -OCH3 is 1. The van der Waals surface area contributed by atoms with Gasteiger partial charge in [0.1, 0.15) is 5.75 Å². The van der Waals surface area contributed by atoms with Crippen LogP contribution in [0.25, 0.3) is 6.08 Å². The lowest BCUT2D eigenvalue weighted by Crippen LogP contribution is -2.11. The summed E-state index contributed by atoms with van der Waals surface area (Å²) in [6.45, 7) is 0. The van der Waals surface area contributed by atoms with Crippen LogP contribution in [0.1, 0.15) is 12.0 Å². The third-order valence-corrected chi connectivity index (χ3v) is 3.55. The largest absolute Gasteiger partial charge is 0.497 e. The van der Waals surface area contributed by atoms with Crippen molar-refractivity contribution >= 4 is 23.6 Å². The minimum Gasteiger partial charge on any atom is -0.497 e. The molecule has 0 unspecified atom stereocenters. The van der Waals surface area contributed by atoms with Gasteiger partial charge in [0.25, 0.3) is 0 Å². The van der Waals surface area contributed by atoms with E-state index in [-0.39, 0.29) is 5.78 Å². The van der Waals surface area contributed by atoms with E-state index in [1.165, 1.54) is 0 Å². The summed E-state index contributed by atoms with van der Waals surface area (Å²) in [4.78, 5) is 11.6. The van der Waals surface area contributed by atoms with Gasteiger partial charge in [-0.1, -0.05) is 12.1 Å². The minimum absolute atomic E-state index is 0.287. The fourth-order valence-electron chi connectivity index (χ4n) is 1.61. The summed E-state index contributed by atoms with van der Waals surface area (Å²) in [6, 6.07) is 7.76. The van der Waals surface area contributed by atoms with Gasteiger partial charge < -0.3 is 4.74 Å². The maximum atomic E-state index is 11.6. The molecule has 1 heterocycles. The number of Topliss-reactive ketones (excluding diaryl/α,β-unsaturated/α-hetero) is 1. The van der Waals surface area contributed by atoms with Gasteiger partial charge in [0.2, 0.25) is 0 Å². The molecule has 0 atom stereocenters. The summed E-state index contributed by atoms with van der Waals surface area (Å²) in [5.41, 5.74) is 1.99. The van der Waals surface area contributed by atoms with Crippen LogP contribution in [0.15, 0.2) is 29.8 Å². The summed E-state index contributed by atoms with van der Waals surface area (Å²) in [6.07, 6.45) is 2.65. The molecule has 0 amide bonds. The van der Waals surface area contributed by atoms with Gasteiger partial charge in [-0.15, -0.1) is 0 Å². The van der Waals surface area contributed by atoms with Crippen LogP contribution in [0.4, 0.5) is 0 Å². The lowest BCUT2D eigenvalue weighted by atomic mass is 10.1. The Hall–Kier alpha value is -1.22. The first kappa shape index (κ1) is 11.3. The maximum absolute atomic E-state index is 11.6. The molecule has 0 aromatic heterocycles. The summed E-state index contributed by atoms with van der Waals surface area (Å²) in [7, 11) is 1.65. The van der Waals surface area contributed by atoms with Crippen LogP contribution in [0.3, 0.4) is 0 Å². The highest BCUT2D eigenvalue weighted by Gasteiger charge is 2.14. The highest BCUT2D eigenvalue weighted by molar-refractivity contribution is 7.99. The predicted molar refractivity (Wildman–Crippen MR) is 67.9 cm³/mol. The Balaban J connectivity index is 2.17. The number of carbonyl (C=O) groups is 1. The zero-order valence-corrected chi connectivity index (χ0v) is 10.0. The molecule has 1 aliphatic heterocycles. The van der Waals surface area contributed by atoms with Crippen molar-refractivity contribution in [3.63, 3.8) is 0 Å². The average Bonchev–Trinajstić information content (AvgIpc) is 2.33. The molecule has 0 radical (unpaired) electrons. The molecule has 0 bridgehead atoms. The lowest BCUT2D eigenvalue weighted by Gasteiger charge is -2.12. The van der Waals surface area contributed by atoms with Crippen molar-refractivity contribution in [3.8, 4) is 5.75 Å². The molecule has 1 fully saturated rings. The highest BCUT2D eigenvalue weighted by atomic mass is 32.2. The normalized spacial score (nSPS) is 18.8. The SMILES string of the molecule is COc1ccc(/C=C2\CSCCC2=O)cc1. The first-order chi connectivity index (χ1) is 7.79. The number of hydrogen-bond acceptors (Lipinski definition) is 3. The molecule has 0 spiro atoms. The lowest BCUT2D eigenvalue weighted by molar-refractivity contribution is -0.115. The van der Waals surface area contributed by atoms with E-state index in [4.69, 9.17) is 4.74 Å². The molecule has 84 valence electrons. The molecule has 0 saturated carbocycles. The molecule has 2 nitrogen and oxygen atoms in total. The number of carbonyl (C=O) groups excluding carboxylic acids is 1. The number of ketones is 1. The molecule has 1 aromatic carbocycles. The molecule has 2 rings (SSSR count). The third kappa shape index (κ3) is 2.67. The number of benzene rings is 1. The summed E-state index contributed by atoms with van der Waals surface area (Å²) < 4.78 is 5.09. The van der Waals surface area contributed by atoms with E-state index in [0.29, 0.717) is 6.42 Å². The van der Waals surface area contributed by atoms with E-state index in [0.717, 1.165) is 28.4 Å². The topological polar surface area (TPSA) is 26.3 Å². The number of rotatable bonds is 2. The van der Waals surface area contributed by atoms with Crippen molar-refractivity contribution in [1.82, 2.24) is 0 Å². The number of ether oxygens (including phenoxy) is 1. The zero-order chi connectivity index (χ0) is 11.4. The maximum Gasteiger partial charge on any atom is 0.160 e. The first-order valence-corrected chi connectivity index (χ1v) is 6.40. The van der Waals surface area contributed by atoms with Gasteiger partial charge >= 0.3 is 0 Å². The molecule has 1 aromatic rings. The monoisotopic (exact) mass is 234 g/mol. The highest BCUT2D eigenvalue weighted by Crippen LogP contribution is 2.22. The van der Waals surface area contributed by atoms with Crippen LogP contribution in [-0.4, -0.2) is 24.4 Å². The molecule has 0 aliphatic carbocycles. The van der Waals surface area contributed by atoms with Gasteiger partial charge in [-0.05, 0) is 23.8 Å². The van der Waals surface area contributed by atoms with Gasteiger partial charge in [-0.25, -0.2) is 0 Å². The van der Waals surface area contributed by atoms with E-state index in [1.54, 1.807) is 7.11 Å². The van der Waals surface area contributed by atoms with Crippen LogP contribution in [0.2, 0.25) is 0 Å². The zero-order valence-electron chi connectivity index (χ0n) is 9.23. The van der Waals surface area contributed by atoms with E-state index in [9.17, 15) is 4.79 Å². The van der Waals surface area contributed by atoms with Crippen molar-refractivity contribution in [2.24, 2.45) is 0 Å². The molecule has 1 saturated heterocycles. The molecule has 16 heavy (non-hydrogen) atoms. The second-order valence-electron chi connectivity index (χ2n) is 3.67. The third-order valence-electron chi connectivity index (χ3n) is 2.55. The number of hydrogen-bond donors (Lipinski definition) is 0. The molecular weight excluding hydrogens is 220 g/mol. The van der Waals surface area contributed by atoms with Gasteiger partial charge in [0.05, 0.1) is 7.11 Å². The van der Waals surface area contributed by atoms with Crippen LogP contribution in [0, 0.1) is 0 Å². The predicted octanol–water partition coefficient (Wildman–Crippen LogP) is 2.78. The average molecular weight is 234 g/mol.